The summed E-state index contributed by atoms with van der Waals surface area (Å²) in [6.45, 7) is 5.35. The molecule has 1 aliphatic rings. The molecule has 0 bridgehead atoms. The number of allylic oxidation sites excluding steroid dienone is 2. The summed E-state index contributed by atoms with van der Waals surface area (Å²) < 4.78 is 0. The van der Waals surface area contributed by atoms with Crippen LogP contribution in [-0.2, 0) is 0 Å². The molecule has 0 radical (unpaired) electrons. The molecule has 3 heteroatoms. The molecule has 0 fully saturated rings. The second-order valence-corrected chi connectivity index (χ2v) is 5.92. The van der Waals surface area contributed by atoms with Crippen LogP contribution in [0.15, 0.2) is 29.8 Å². The first kappa shape index (κ1) is 14.0. The maximum absolute atomic E-state index is 9.09. The number of rotatable bonds is 3. The molecule has 1 aromatic carbocycles. The lowest BCUT2D eigenvalue weighted by molar-refractivity contribution is 0.421. The molecule has 2 atom stereocenters. The molecule has 1 aliphatic carbocycles. The first-order chi connectivity index (χ1) is 9.08. The van der Waals surface area contributed by atoms with Gasteiger partial charge >= 0.3 is 0 Å². The minimum Gasteiger partial charge on any atom is -0.384 e. The fourth-order valence-corrected chi connectivity index (χ4v) is 3.03. The fraction of sp³-hybridized carbons (Fsp3) is 0.438. The average molecular weight is 275 g/mol. The van der Waals surface area contributed by atoms with Crippen molar-refractivity contribution >= 4 is 17.3 Å². The molecule has 1 aromatic rings. The Morgan fingerprint density at radius 3 is 2.95 bits per heavy atom. The predicted molar refractivity (Wildman–Crippen MR) is 80.3 cm³/mol. The van der Waals surface area contributed by atoms with Gasteiger partial charge in [-0.1, -0.05) is 30.2 Å². The zero-order chi connectivity index (χ0) is 13.8. The van der Waals surface area contributed by atoms with Gasteiger partial charge in [0.2, 0.25) is 0 Å². The quantitative estimate of drug-likeness (QED) is 0.817. The Morgan fingerprint density at radius 2 is 2.26 bits per heavy atom. The van der Waals surface area contributed by atoms with Crippen LogP contribution in [0, 0.1) is 23.2 Å². The van der Waals surface area contributed by atoms with Crippen molar-refractivity contribution in [2.24, 2.45) is 11.8 Å². The Bertz CT molecular complexity index is 528. The van der Waals surface area contributed by atoms with E-state index in [-0.39, 0.29) is 0 Å². The first-order valence-electron chi connectivity index (χ1n) is 6.69. The van der Waals surface area contributed by atoms with Crippen LogP contribution in [0.1, 0.15) is 32.3 Å². The summed E-state index contributed by atoms with van der Waals surface area (Å²) in [6, 6.07) is 7.54. The number of nitrogens with one attached hydrogen (secondary N) is 1. The van der Waals surface area contributed by atoms with Crippen LogP contribution < -0.4 is 5.32 Å². The number of halogens is 1. The van der Waals surface area contributed by atoms with E-state index in [0.29, 0.717) is 22.4 Å². The van der Waals surface area contributed by atoms with Gasteiger partial charge in [0.25, 0.3) is 0 Å². The van der Waals surface area contributed by atoms with E-state index in [4.69, 9.17) is 16.9 Å². The summed E-state index contributed by atoms with van der Waals surface area (Å²) in [5, 5.41) is 13.1. The van der Waals surface area contributed by atoms with Gasteiger partial charge in [0, 0.05) is 11.6 Å². The van der Waals surface area contributed by atoms with E-state index in [1.165, 1.54) is 12.0 Å². The van der Waals surface area contributed by atoms with Gasteiger partial charge < -0.3 is 5.32 Å². The van der Waals surface area contributed by atoms with E-state index in [2.05, 4.69) is 31.3 Å². The SMILES string of the molecule is CC1=CC(C)CC(CNc2cc(Cl)ccc2C#N)C1. The van der Waals surface area contributed by atoms with E-state index in [0.717, 1.165) is 18.7 Å². The van der Waals surface area contributed by atoms with Gasteiger partial charge in [-0.05, 0) is 49.8 Å². The lowest BCUT2D eigenvalue weighted by atomic mass is 9.83. The summed E-state index contributed by atoms with van der Waals surface area (Å²) >= 11 is 5.98. The average Bonchev–Trinajstić information content (AvgIpc) is 2.35. The van der Waals surface area contributed by atoms with Crippen molar-refractivity contribution in [3.63, 3.8) is 0 Å². The molecule has 0 amide bonds. The summed E-state index contributed by atoms with van der Waals surface area (Å²) in [4.78, 5) is 0. The number of nitriles is 1. The second kappa shape index (κ2) is 6.12. The Balaban J connectivity index is 2.02. The normalized spacial score (nSPS) is 22.5. The van der Waals surface area contributed by atoms with Gasteiger partial charge in [0.05, 0.1) is 11.3 Å². The van der Waals surface area contributed by atoms with Gasteiger partial charge in [-0.25, -0.2) is 0 Å². The van der Waals surface area contributed by atoms with Crippen molar-refractivity contribution < 1.29 is 0 Å². The highest BCUT2D eigenvalue weighted by Gasteiger charge is 2.18. The molecule has 100 valence electrons. The third-order valence-corrected chi connectivity index (χ3v) is 3.80. The molecule has 0 saturated carbocycles. The monoisotopic (exact) mass is 274 g/mol. The van der Waals surface area contributed by atoms with E-state index in [1.54, 1.807) is 12.1 Å². The molecule has 2 unspecified atom stereocenters. The molecule has 19 heavy (non-hydrogen) atoms. The first-order valence-corrected chi connectivity index (χ1v) is 7.07. The van der Waals surface area contributed by atoms with Gasteiger partial charge in [0.15, 0.2) is 0 Å². The lowest BCUT2D eigenvalue weighted by Crippen LogP contribution is -2.20. The zero-order valence-electron chi connectivity index (χ0n) is 11.4. The van der Waals surface area contributed by atoms with E-state index < -0.39 is 0 Å². The van der Waals surface area contributed by atoms with Gasteiger partial charge in [0.1, 0.15) is 6.07 Å². The Labute approximate surface area is 120 Å². The third kappa shape index (κ3) is 3.75. The van der Waals surface area contributed by atoms with Gasteiger partial charge in [-0.15, -0.1) is 0 Å². The molecule has 2 rings (SSSR count). The van der Waals surface area contributed by atoms with Crippen molar-refractivity contribution in [3.8, 4) is 6.07 Å². The molecule has 0 saturated heterocycles. The van der Waals surface area contributed by atoms with Crippen molar-refractivity contribution in [2.45, 2.75) is 26.7 Å². The van der Waals surface area contributed by atoms with Crippen molar-refractivity contribution in [3.05, 3.63) is 40.4 Å². The van der Waals surface area contributed by atoms with Crippen LogP contribution in [0.4, 0.5) is 5.69 Å². The number of hydrogen-bond donors (Lipinski definition) is 1. The molecule has 2 nitrogen and oxygen atoms in total. The number of anilines is 1. The van der Waals surface area contributed by atoms with Gasteiger partial charge in [-0.3, -0.25) is 0 Å². The van der Waals surface area contributed by atoms with Crippen LogP contribution in [0.25, 0.3) is 0 Å². The van der Waals surface area contributed by atoms with Crippen LogP contribution in [0.2, 0.25) is 5.02 Å². The summed E-state index contributed by atoms with van der Waals surface area (Å²) in [7, 11) is 0. The van der Waals surface area contributed by atoms with E-state index in [1.807, 2.05) is 6.07 Å². The summed E-state index contributed by atoms with van der Waals surface area (Å²) in [6.07, 6.45) is 4.70. The summed E-state index contributed by atoms with van der Waals surface area (Å²) in [5.74, 6) is 1.28. The molecule has 0 heterocycles. The Hall–Kier alpha value is -1.46. The standard InChI is InChI=1S/C16H19ClN2/c1-11-5-12(2)7-13(6-11)10-19-16-8-15(17)4-3-14(16)9-18/h3-5,8,11,13,19H,6-7,10H2,1-2H3. The highest BCUT2D eigenvalue weighted by Crippen LogP contribution is 2.29. The molecular weight excluding hydrogens is 256 g/mol. The Morgan fingerprint density at radius 1 is 1.47 bits per heavy atom. The predicted octanol–water partition coefficient (Wildman–Crippen LogP) is 4.62. The second-order valence-electron chi connectivity index (χ2n) is 5.48. The topological polar surface area (TPSA) is 35.8 Å². The smallest absolute Gasteiger partial charge is 0.101 e. The number of benzene rings is 1. The fourth-order valence-electron chi connectivity index (χ4n) is 2.86. The van der Waals surface area contributed by atoms with E-state index in [9.17, 15) is 0 Å². The van der Waals surface area contributed by atoms with Crippen LogP contribution in [0.3, 0.4) is 0 Å². The lowest BCUT2D eigenvalue weighted by Gasteiger charge is -2.26. The van der Waals surface area contributed by atoms with Gasteiger partial charge in [-0.2, -0.15) is 5.26 Å². The number of nitrogens with zero attached hydrogens (tertiary/aromatic N) is 1. The summed E-state index contributed by atoms with van der Waals surface area (Å²) in [5.41, 5.74) is 2.97. The van der Waals surface area contributed by atoms with E-state index >= 15 is 0 Å². The van der Waals surface area contributed by atoms with Crippen molar-refractivity contribution in [1.29, 1.82) is 5.26 Å². The van der Waals surface area contributed by atoms with Crippen LogP contribution >= 0.6 is 11.6 Å². The molecule has 1 N–H and O–H groups in total. The molecular formula is C16H19ClN2. The highest BCUT2D eigenvalue weighted by atomic mass is 35.5. The minimum absolute atomic E-state index is 0.630. The Kier molecular flexibility index (Phi) is 4.50. The zero-order valence-corrected chi connectivity index (χ0v) is 12.2. The minimum atomic E-state index is 0.630. The van der Waals surface area contributed by atoms with Crippen LogP contribution in [-0.4, -0.2) is 6.54 Å². The maximum Gasteiger partial charge on any atom is 0.101 e. The maximum atomic E-state index is 9.09. The molecule has 0 spiro atoms. The molecule has 0 aliphatic heterocycles. The van der Waals surface area contributed by atoms with Crippen molar-refractivity contribution in [2.75, 3.05) is 11.9 Å². The third-order valence-electron chi connectivity index (χ3n) is 3.57. The van der Waals surface area contributed by atoms with Crippen molar-refractivity contribution in [1.82, 2.24) is 0 Å². The molecule has 0 aromatic heterocycles. The highest BCUT2D eigenvalue weighted by molar-refractivity contribution is 6.30. The number of hydrogen-bond acceptors (Lipinski definition) is 2. The largest absolute Gasteiger partial charge is 0.384 e. The van der Waals surface area contributed by atoms with Crippen LogP contribution in [0.5, 0.6) is 0 Å².